The van der Waals surface area contributed by atoms with Crippen molar-refractivity contribution in [3.05, 3.63) is 41.5 Å². The van der Waals surface area contributed by atoms with E-state index in [9.17, 15) is 9.59 Å². The molecule has 2 rings (SSSR count). The number of rotatable bonds is 7. The first kappa shape index (κ1) is 18.6. The second kappa shape index (κ2) is 8.41. The minimum atomic E-state index is -0.149. The van der Waals surface area contributed by atoms with E-state index in [4.69, 9.17) is 4.52 Å². The van der Waals surface area contributed by atoms with E-state index in [1.165, 1.54) is 6.92 Å². The van der Waals surface area contributed by atoms with Crippen molar-refractivity contribution < 1.29 is 14.1 Å². The van der Waals surface area contributed by atoms with Crippen LogP contribution in [0.4, 0.5) is 5.69 Å². The van der Waals surface area contributed by atoms with E-state index in [1.54, 1.807) is 29.2 Å². The Kier molecular flexibility index (Phi) is 6.27. The lowest BCUT2D eigenvalue weighted by molar-refractivity contribution is -0.114. The molecule has 0 radical (unpaired) electrons. The Morgan fingerprint density at radius 3 is 2.48 bits per heavy atom. The van der Waals surface area contributed by atoms with Crippen molar-refractivity contribution in [3.8, 4) is 0 Å². The highest BCUT2D eigenvalue weighted by molar-refractivity contribution is 5.95. The predicted molar refractivity (Wildman–Crippen MR) is 94.0 cm³/mol. The second-order valence-electron chi connectivity index (χ2n) is 6.28. The lowest BCUT2D eigenvalue weighted by Gasteiger charge is -2.19. The number of aromatic nitrogens is 2. The minimum Gasteiger partial charge on any atom is -0.339 e. The zero-order chi connectivity index (χ0) is 18.4. The predicted octanol–water partition coefficient (Wildman–Crippen LogP) is 2.89. The molecule has 0 aliphatic carbocycles. The molecule has 7 heteroatoms. The number of benzene rings is 1. The lowest BCUT2D eigenvalue weighted by atomic mass is 10.1. The van der Waals surface area contributed by atoms with E-state index in [1.807, 2.05) is 6.92 Å². The maximum Gasteiger partial charge on any atom is 0.254 e. The molecule has 0 saturated carbocycles. The average Bonchev–Trinajstić information content (AvgIpc) is 2.98. The Morgan fingerprint density at radius 1 is 1.24 bits per heavy atom. The average molecular weight is 344 g/mol. The van der Waals surface area contributed by atoms with Crippen LogP contribution in [0.2, 0.25) is 0 Å². The molecule has 0 aliphatic rings. The van der Waals surface area contributed by atoms with Crippen LogP contribution in [0.25, 0.3) is 0 Å². The van der Waals surface area contributed by atoms with E-state index < -0.39 is 0 Å². The molecule has 7 nitrogen and oxygen atoms in total. The van der Waals surface area contributed by atoms with Crippen LogP contribution < -0.4 is 5.32 Å². The normalized spacial score (nSPS) is 10.8. The van der Waals surface area contributed by atoms with Crippen molar-refractivity contribution in [2.45, 2.75) is 40.7 Å². The topological polar surface area (TPSA) is 88.3 Å². The maximum atomic E-state index is 12.7. The van der Waals surface area contributed by atoms with Gasteiger partial charge in [0.25, 0.3) is 5.91 Å². The number of hydrogen-bond acceptors (Lipinski definition) is 5. The molecule has 0 bridgehead atoms. The standard InChI is InChI=1S/C18H24N4O3/c1-5-22(11-16-20-17(25-21-16)10-12(2)3)18(24)14-6-8-15(9-7-14)19-13(4)23/h6-9,12H,5,10-11H2,1-4H3,(H,19,23). The molecule has 0 unspecified atom stereocenters. The maximum absolute atomic E-state index is 12.7. The van der Waals surface area contributed by atoms with E-state index in [-0.39, 0.29) is 11.8 Å². The molecule has 0 saturated heterocycles. The van der Waals surface area contributed by atoms with E-state index in [0.29, 0.717) is 42.0 Å². The summed E-state index contributed by atoms with van der Waals surface area (Å²) in [6.07, 6.45) is 0.720. The first-order chi connectivity index (χ1) is 11.9. The third-order valence-corrected chi connectivity index (χ3v) is 3.55. The van der Waals surface area contributed by atoms with Crippen molar-refractivity contribution in [3.63, 3.8) is 0 Å². The molecule has 0 atom stereocenters. The molecule has 1 N–H and O–H groups in total. The molecule has 1 aromatic carbocycles. The number of amides is 2. The first-order valence-corrected chi connectivity index (χ1v) is 8.37. The molecular weight excluding hydrogens is 320 g/mol. The second-order valence-corrected chi connectivity index (χ2v) is 6.28. The van der Waals surface area contributed by atoms with Gasteiger partial charge in [-0.3, -0.25) is 9.59 Å². The number of carbonyl (C=O) groups excluding carboxylic acids is 2. The Labute approximate surface area is 147 Å². The molecule has 0 aliphatic heterocycles. The summed E-state index contributed by atoms with van der Waals surface area (Å²) in [5, 5.41) is 6.63. The van der Waals surface area contributed by atoms with Crippen LogP contribution in [0.15, 0.2) is 28.8 Å². The lowest BCUT2D eigenvalue weighted by Crippen LogP contribution is -2.30. The summed E-state index contributed by atoms with van der Waals surface area (Å²) in [5.41, 5.74) is 1.20. The number of hydrogen-bond donors (Lipinski definition) is 1. The fourth-order valence-electron chi connectivity index (χ4n) is 2.37. The molecule has 134 valence electrons. The summed E-state index contributed by atoms with van der Waals surface area (Å²) in [6.45, 7) is 8.33. The number of carbonyl (C=O) groups is 2. The number of nitrogens with one attached hydrogen (secondary N) is 1. The SMILES string of the molecule is CCN(Cc1noc(CC(C)C)n1)C(=O)c1ccc(NC(C)=O)cc1. The highest BCUT2D eigenvalue weighted by atomic mass is 16.5. The smallest absolute Gasteiger partial charge is 0.254 e. The van der Waals surface area contributed by atoms with Crippen LogP contribution in [0.1, 0.15) is 49.8 Å². The molecule has 1 aromatic heterocycles. The van der Waals surface area contributed by atoms with Gasteiger partial charge in [-0.25, -0.2) is 0 Å². The minimum absolute atomic E-state index is 0.118. The zero-order valence-electron chi connectivity index (χ0n) is 15.1. The van der Waals surface area contributed by atoms with Gasteiger partial charge in [-0.1, -0.05) is 19.0 Å². The Bertz CT molecular complexity index is 722. The van der Waals surface area contributed by atoms with E-state index >= 15 is 0 Å². The fourth-order valence-corrected chi connectivity index (χ4v) is 2.37. The molecule has 2 aromatic rings. The van der Waals surface area contributed by atoms with Gasteiger partial charge in [-0.15, -0.1) is 0 Å². The van der Waals surface area contributed by atoms with Crippen molar-refractivity contribution in [2.75, 3.05) is 11.9 Å². The molecule has 2 amide bonds. The van der Waals surface area contributed by atoms with Crippen LogP contribution >= 0.6 is 0 Å². The third-order valence-electron chi connectivity index (χ3n) is 3.55. The zero-order valence-corrected chi connectivity index (χ0v) is 15.1. The summed E-state index contributed by atoms with van der Waals surface area (Å²) < 4.78 is 5.22. The Hall–Kier alpha value is -2.70. The van der Waals surface area contributed by atoms with Crippen molar-refractivity contribution >= 4 is 17.5 Å². The summed E-state index contributed by atoms with van der Waals surface area (Å²) in [4.78, 5) is 29.7. The summed E-state index contributed by atoms with van der Waals surface area (Å²) in [7, 11) is 0. The van der Waals surface area contributed by atoms with Crippen LogP contribution in [-0.4, -0.2) is 33.4 Å². The number of anilines is 1. The summed E-state index contributed by atoms with van der Waals surface area (Å²) in [5.74, 6) is 1.25. The number of nitrogens with zero attached hydrogens (tertiary/aromatic N) is 3. The van der Waals surface area contributed by atoms with Gasteiger partial charge >= 0.3 is 0 Å². The monoisotopic (exact) mass is 344 g/mol. The highest BCUT2D eigenvalue weighted by Gasteiger charge is 2.18. The molecule has 25 heavy (non-hydrogen) atoms. The molecule has 0 spiro atoms. The van der Waals surface area contributed by atoms with Crippen molar-refractivity contribution in [2.24, 2.45) is 5.92 Å². The molecular formula is C18H24N4O3. The van der Waals surface area contributed by atoms with Gasteiger partial charge in [0.2, 0.25) is 11.8 Å². The van der Waals surface area contributed by atoms with Gasteiger partial charge in [0.1, 0.15) is 0 Å². The van der Waals surface area contributed by atoms with E-state index in [0.717, 1.165) is 6.42 Å². The first-order valence-electron chi connectivity index (χ1n) is 8.37. The third kappa shape index (κ3) is 5.41. The quantitative estimate of drug-likeness (QED) is 0.834. The van der Waals surface area contributed by atoms with Crippen LogP contribution in [0.3, 0.4) is 0 Å². The van der Waals surface area contributed by atoms with Gasteiger partial charge in [-0.2, -0.15) is 4.98 Å². The van der Waals surface area contributed by atoms with Crippen LogP contribution in [0, 0.1) is 5.92 Å². The largest absolute Gasteiger partial charge is 0.339 e. The van der Waals surface area contributed by atoms with Gasteiger partial charge < -0.3 is 14.7 Å². The van der Waals surface area contributed by atoms with Gasteiger partial charge in [0, 0.05) is 31.1 Å². The van der Waals surface area contributed by atoms with Gasteiger partial charge in [0.05, 0.1) is 6.54 Å². The highest BCUT2D eigenvalue weighted by Crippen LogP contribution is 2.13. The molecule has 0 fully saturated rings. The van der Waals surface area contributed by atoms with Crippen LogP contribution in [-0.2, 0) is 17.8 Å². The van der Waals surface area contributed by atoms with Crippen molar-refractivity contribution in [1.29, 1.82) is 0 Å². The Morgan fingerprint density at radius 2 is 1.92 bits per heavy atom. The van der Waals surface area contributed by atoms with E-state index in [2.05, 4.69) is 29.3 Å². The van der Waals surface area contributed by atoms with Gasteiger partial charge in [0.15, 0.2) is 5.82 Å². The molecule has 1 heterocycles. The summed E-state index contributed by atoms with van der Waals surface area (Å²) >= 11 is 0. The van der Waals surface area contributed by atoms with Gasteiger partial charge in [-0.05, 0) is 37.1 Å². The van der Waals surface area contributed by atoms with Crippen molar-refractivity contribution in [1.82, 2.24) is 15.0 Å². The summed E-state index contributed by atoms with van der Waals surface area (Å²) in [6, 6.07) is 6.79. The Balaban J connectivity index is 2.05. The fraction of sp³-hybridized carbons (Fsp3) is 0.444. The van der Waals surface area contributed by atoms with Crippen LogP contribution in [0.5, 0.6) is 0 Å².